The number of hydrogen-bond donors (Lipinski definition) is 1. The molecule has 0 bridgehead atoms. The fourth-order valence-electron chi connectivity index (χ4n) is 2.85. The summed E-state index contributed by atoms with van der Waals surface area (Å²) in [6, 6.07) is 13.9. The zero-order valence-electron chi connectivity index (χ0n) is 12.4. The average Bonchev–Trinajstić information content (AvgIpc) is 3.01. The molecule has 0 aliphatic carbocycles. The molecule has 0 spiro atoms. The van der Waals surface area contributed by atoms with E-state index in [-0.39, 0.29) is 6.29 Å². The summed E-state index contributed by atoms with van der Waals surface area (Å²) in [6.07, 6.45) is -0.942. The summed E-state index contributed by atoms with van der Waals surface area (Å²) < 4.78 is 11.0. The van der Waals surface area contributed by atoms with Crippen LogP contribution in [0.5, 0.6) is 0 Å². The van der Waals surface area contributed by atoms with Gasteiger partial charge in [0.05, 0.1) is 13.2 Å². The van der Waals surface area contributed by atoms with Gasteiger partial charge in [0.15, 0.2) is 6.29 Å². The van der Waals surface area contributed by atoms with E-state index in [9.17, 15) is 5.11 Å². The molecule has 1 saturated heterocycles. The van der Waals surface area contributed by atoms with Crippen LogP contribution in [-0.4, -0.2) is 18.3 Å². The molecule has 3 rings (SSSR count). The predicted molar refractivity (Wildman–Crippen MR) is 81.1 cm³/mol. The van der Waals surface area contributed by atoms with Crippen LogP contribution >= 0.6 is 0 Å². The van der Waals surface area contributed by atoms with Crippen molar-refractivity contribution < 1.29 is 14.6 Å². The van der Waals surface area contributed by atoms with Gasteiger partial charge in [-0.25, -0.2) is 0 Å². The van der Waals surface area contributed by atoms with Gasteiger partial charge in [0.1, 0.15) is 6.10 Å². The maximum absolute atomic E-state index is 10.7. The molecule has 2 aromatic rings. The lowest BCUT2D eigenvalue weighted by Gasteiger charge is -2.18. The number of ether oxygens (including phenoxy) is 2. The van der Waals surface area contributed by atoms with E-state index in [1.54, 1.807) is 0 Å². The van der Waals surface area contributed by atoms with Gasteiger partial charge in [-0.05, 0) is 42.2 Å². The Bertz CT molecular complexity index is 610. The zero-order valence-corrected chi connectivity index (χ0v) is 12.4. The van der Waals surface area contributed by atoms with Gasteiger partial charge in [-0.2, -0.15) is 0 Å². The Labute approximate surface area is 125 Å². The van der Waals surface area contributed by atoms with E-state index in [1.165, 1.54) is 0 Å². The van der Waals surface area contributed by atoms with Crippen LogP contribution in [0, 0.1) is 13.8 Å². The third-order valence-corrected chi connectivity index (χ3v) is 3.94. The number of aliphatic hydroxyl groups excluding tert-OH is 1. The van der Waals surface area contributed by atoms with Crippen LogP contribution in [0.4, 0.5) is 0 Å². The Morgan fingerprint density at radius 2 is 1.62 bits per heavy atom. The lowest BCUT2D eigenvalue weighted by molar-refractivity contribution is -0.0442. The normalized spacial score (nSPS) is 17.1. The molecular formula is C18H20O3. The summed E-state index contributed by atoms with van der Waals surface area (Å²) in [5.41, 5.74) is 4.99. The summed E-state index contributed by atoms with van der Waals surface area (Å²) in [5, 5.41) is 10.7. The summed E-state index contributed by atoms with van der Waals surface area (Å²) in [6.45, 7) is 5.29. The van der Waals surface area contributed by atoms with E-state index >= 15 is 0 Å². The maximum Gasteiger partial charge on any atom is 0.184 e. The average molecular weight is 284 g/mol. The third kappa shape index (κ3) is 2.86. The molecule has 0 aromatic heterocycles. The second kappa shape index (κ2) is 5.98. The van der Waals surface area contributed by atoms with Gasteiger partial charge < -0.3 is 14.6 Å². The van der Waals surface area contributed by atoms with E-state index < -0.39 is 6.10 Å². The Balaban J connectivity index is 1.94. The Kier molecular flexibility index (Phi) is 4.06. The molecule has 2 aromatic carbocycles. The molecule has 21 heavy (non-hydrogen) atoms. The molecule has 3 heteroatoms. The minimum Gasteiger partial charge on any atom is -0.384 e. The van der Waals surface area contributed by atoms with Gasteiger partial charge in [0, 0.05) is 5.56 Å². The topological polar surface area (TPSA) is 38.7 Å². The fraction of sp³-hybridized carbons (Fsp3) is 0.333. The van der Waals surface area contributed by atoms with Crippen molar-refractivity contribution >= 4 is 0 Å². The van der Waals surface area contributed by atoms with Crippen LogP contribution in [0.25, 0.3) is 0 Å². The van der Waals surface area contributed by atoms with Gasteiger partial charge >= 0.3 is 0 Å². The predicted octanol–water partition coefficient (Wildman–Crippen LogP) is 3.43. The smallest absolute Gasteiger partial charge is 0.184 e. The first kappa shape index (κ1) is 14.3. The first-order valence-corrected chi connectivity index (χ1v) is 7.24. The molecule has 1 heterocycles. The first-order valence-electron chi connectivity index (χ1n) is 7.24. The molecule has 3 nitrogen and oxygen atoms in total. The molecule has 0 amide bonds. The standard InChI is InChI=1S/C18H20O3/c1-12-5-3-6-13(2)16(12)17(19)14-7-4-8-15(11-14)18-20-9-10-21-18/h3-8,11,17-19H,9-10H2,1-2H3. The van der Waals surface area contributed by atoms with Crippen LogP contribution in [0.3, 0.4) is 0 Å². The minimum atomic E-state index is -0.632. The lowest BCUT2D eigenvalue weighted by atomic mass is 9.93. The van der Waals surface area contributed by atoms with Crippen LogP contribution in [-0.2, 0) is 9.47 Å². The lowest BCUT2D eigenvalue weighted by Crippen LogP contribution is -2.06. The Morgan fingerprint density at radius 1 is 1.00 bits per heavy atom. The van der Waals surface area contributed by atoms with E-state index in [4.69, 9.17) is 9.47 Å². The van der Waals surface area contributed by atoms with E-state index in [0.29, 0.717) is 13.2 Å². The largest absolute Gasteiger partial charge is 0.384 e. The van der Waals surface area contributed by atoms with E-state index in [1.807, 2.05) is 56.3 Å². The molecule has 110 valence electrons. The maximum atomic E-state index is 10.7. The van der Waals surface area contributed by atoms with Gasteiger partial charge in [-0.3, -0.25) is 0 Å². The second-order valence-electron chi connectivity index (χ2n) is 5.45. The van der Waals surface area contributed by atoms with Crippen LogP contribution in [0.1, 0.15) is 40.2 Å². The van der Waals surface area contributed by atoms with Crippen molar-refractivity contribution in [3.05, 3.63) is 70.3 Å². The highest BCUT2D eigenvalue weighted by molar-refractivity contribution is 5.41. The number of rotatable bonds is 3. The van der Waals surface area contributed by atoms with E-state index in [0.717, 1.165) is 27.8 Å². The summed E-state index contributed by atoms with van der Waals surface area (Å²) >= 11 is 0. The van der Waals surface area contributed by atoms with Crippen LogP contribution in [0.2, 0.25) is 0 Å². The summed E-state index contributed by atoms with van der Waals surface area (Å²) in [7, 11) is 0. The van der Waals surface area contributed by atoms with Crippen molar-refractivity contribution in [1.29, 1.82) is 0 Å². The van der Waals surface area contributed by atoms with Crippen LogP contribution < -0.4 is 0 Å². The first-order chi connectivity index (χ1) is 10.2. The summed E-state index contributed by atoms with van der Waals surface area (Å²) in [5.74, 6) is 0. The van der Waals surface area contributed by atoms with Crippen molar-refractivity contribution in [3.8, 4) is 0 Å². The summed E-state index contributed by atoms with van der Waals surface area (Å²) in [4.78, 5) is 0. The molecule has 1 fully saturated rings. The van der Waals surface area contributed by atoms with Crippen LogP contribution in [0.15, 0.2) is 42.5 Å². The minimum absolute atomic E-state index is 0.310. The SMILES string of the molecule is Cc1cccc(C)c1C(O)c1cccc(C2OCCO2)c1. The second-order valence-corrected chi connectivity index (χ2v) is 5.45. The van der Waals surface area contributed by atoms with Crippen molar-refractivity contribution in [3.63, 3.8) is 0 Å². The molecule has 1 aliphatic rings. The quantitative estimate of drug-likeness (QED) is 0.938. The molecule has 1 aliphatic heterocycles. The van der Waals surface area contributed by atoms with Crippen molar-refractivity contribution in [2.24, 2.45) is 0 Å². The van der Waals surface area contributed by atoms with Gasteiger partial charge in [0.25, 0.3) is 0 Å². The van der Waals surface area contributed by atoms with Crippen molar-refractivity contribution in [2.75, 3.05) is 13.2 Å². The van der Waals surface area contributed by atoms with E-state index in [2.05, 4.69) is 0 Å². The fourth-order valence-corrected chi connectivity index (χ4v) is 2.85. The van der Waals surface area contributed by atoms with Gasteiger partial charge in [0.2, 0.25) is 0 Å². The number of aliphatic hydroxyl groups is 1. The van der Waals surface area contributed by atoms with Gasteiger partial charge in [-0.15, -0.1) is 0 Å². The molecule has 0 saturated carbocycles. The highest BCUT2D eigenvalue weighted by atomic mass is 16.7. The Hall–Kier alpha value is -1.68. The molecule has 1 atom stereocenters. The van der Waals surface area contributed by atoms with Crippen molar-refractivity contribution in [1.82, 2.24) is 0 Å². The molecule has 1 unspecified atom stereocenters. The number of hydrogen-bond acceptors (Lipinski definition) is 3. The third-order valence-electron chi connectivity index (χ3n) is 3.94. The number of aryl methyl sites for hydroxylation is 2. The highest BCUT2D eigenvalue weighted by Gasteiger charge is 2.21. The highest BCUT2D eigenvalue weighted by Crippen LogP contribution is 2.30. The number of benzene rings is 2. The van der Waals surface area contributed by atoms with Crippen molar-refractivity contribution in [2.45, 2.75) is 26.2 Å². The van der Waals surface area contributed by atoms with Gasteiger partial charge in [-0.1, -0.05) is 36.4 Å². The monoisotopic (exact) mass is 284 g/mol. The molecule has 1 N–H and O–H groups in total. The molecule has 0 radical (unpaired) electrons. The Morgan fingerprint density at radius 3 is 2.29 bits per heavy atom. The zero-order chi connectivity index (χ0) is 14.8. The molecular weight excluding hydrogens is 264 g/mol.